The van der Waals surface area contributed by atoms with Gasteiger partial charge in [0.15, 0.2) is 0 Å². The molecule has 0 saturated carbocycles. The lowest BCUT2D eigenvalue weighted by molar-refractivity contribution is 1.13. The number of aromatic nitrogens is 2. The van der Waals surface area contributed by atoms with Crippen molar-refractivity contribution in [3.05, 3.63) is 34.3 Å². The number of aryl methyl sites for hydroxylation is 1. The normalized spacial score (nSPS) is 10.2. The average molecular weight is 220 g/mol. The number of rotatable bonds is 3. The fourth-order valence-corrected chi connectivity index (χ4v) is 1.95. The molecular formula is C10H12N4S. The van der Waals surface area contributed by atoms with Crippen LogP contribution in [-0.2, 0) is 6.54 Å². The molecule has 5 heteroatoms. The maximum absolute atomic E-state index is 5.57. The third kappa shape index (κ3) is 2.66. The van der Waals surface area contributed by atoms with Crippen molar-refractivity contribution in [1.29, 1.82) is 0 Å². The van der Waals surface area contributed by atoms with E-state index in [0.717, 1.165) is 17.4 Å². The lowest BCUT2D eigenvalue weighted by atomic mass is 10.4. The summed E-state index contributed by atoms with van der Waals surface area (Å²) in [6.07, 6.45) is 1.87. The lowest BCUT2D eigenvalue weighted by Crippen LogP contribution is -2.01. The number of nitrogens with two attached hydrogens (primary N) is 1. The minimum absolute atomic E-state index is 0.528. The zero-order valence-corrected chi connectivity index (χ0v) is 9.21. The second kappa shape index (κ2) is 4.27. The van der Waals surface area contributed by atoms with Crippen molar-refractivity contribution in [3.8, 4) is 0 Å². The zero-order valence-electron chi connectivity index (χ0n) is 8.40. The van der Waals surface area contributed by atoms with E-state index in [0.29, 0.717) is 5.82 Å². The Kier molecular flexibility index (Phi) is 2.82. The Morgan fingerprint density at radius 2 is 2.33 bits per heavy atom. The van der Waals surface area contributed by atoms with Gasteiger partial charge in [-0.3, -0.25) is 0 Å². The predicted molar refractivity (Wildman–Crippen MR) is 62.8 cm³/mol. The van der Waals surface area contributed by atoms with Gasteiger partial charge >= 0.3 is 0 Å². The van der Waals surface area contributed by atoms with Crippen LogP contribution >= 0.6 is 11.3 Å². The highest BCUT2D eigenvalue weighted by atomic mass is 32.1. The molecule has 0 saturated heterocycles. The van der Waals surface area contributed by atoms with Gasteiger partial charge < -0.3 is 11.1 Å². The van der Waals surface area contributed by atoms with Gasteiger partial charge in [-0.15, -0.1) is 11.3 Å². The highest BCUT2D eigenvalue weighted by molar-refractivity contribution is 7.11. The van der Waals surface area contributed by atoms with Crippen molar-refractivity contribution in [2.24, 2.45) is 0 Å². The summed E-state index contributed by atoms with van der Waals surface area (Å²) in [4.78, 5) is 9.52. The van der Waals surface area contributed by atoms with Gasteiger partial charge in [0.1, 0.15) is 11.6 Å². The summed E-state index contributed by atoms with van der Waals surface area (Å²) in [7, 11) is 0. The molecular weight excluding hydrogens is 208 g/mol. The summed E-state index contributed by atoms with van der Waals surface area (Å²) in [5.41, 5.74) is 5.57. The minimum Gasteiger partial charge on any atom is -0.384 e. The quantitative estimate of drug-likeness (QED) is 0.830. The molecule has 78 valence electrons. The maximum Gasteiger partial charge on any atom is 0.128 e. The molecule has 15 heavy (non-hydrogen) atoms. The van der Waals surface area contributed by atoms with Crippen molar-refractivity contribution in [1.82, 2.24) is 9.97 Å². The fraction of sp³-hybridized carbons (Fsp3) is 0.200. The van der Waals surface area contributed by atoms with Crippen LogP contribution in [-0.4, -0.2) is 9.97 Å². The summed E-state index contributed by atoms with van der Waals surface area (Å²) < 4.78 is 0. The number of pyridine rings is 1. The third-order valence-electron chi connectivity index (χ3n) is 1.88. The van der Waals surface area contributed by atoms with Gasteiger partial charge in [-0.25, -0.2) is 9.97 Å². The van der Waals surface area contributed by atoms with Crippen LogP contribution in [0.1, 0.15) is 9.88 Å². The Morgan fingerprint density at radius 1 is 1.47 bits per heavy atom. The molecule has 2 heterocycles. The summed E-state index contributed by atoms with van der Waals surface area (Å²) in [5, 5.41) is 4.27. The maximum atomic E-state index is 5.57. The second-order valence-electron chi connectivity index (χ2n) is 3.15. The Labute approximate surface area is 92.2 Å². The smallest absolute Gasteiger partial charge is 0.128 e. The average Bonchev–Trinajstić information content (AvgIpc) is 2.62. The first kappa shape index (κ1) is 9.92. The van der Waals surface area contributed by atoms with E-state index in [2.05, 4.69) is 15.3 Å². The van der Waals surface area contributed by atoms with Crippen LogP contribution in [0.4, 0.5) is 11.6 Å². The first-order valence-electron chi connectivity index (χ1n) is 4.62. The second-order valence-corrected chi connectivity index (χ2v) is 4.47. The molecule has 0 aliphatic heterocycles. The molecule has 0 aliphatic carbocycles. The number of hydrogen-bond donors (Lipinski definition) is 2. The molecule has 0 spiro atoms. The molecule has 0 aromatic carbocycles. The molecule has 2 rings (SSSR count). The monoisotopic (exact) mass is 220 g/mol. The molecule has 4 nitrogen and oxygen atoms in total. The lowest BCUT2D eigenvalue weighted by Gasteiger charge is -2.03. The Hall–Kier alpha value is -1.62. The van der Waals surface area contributed by atoms with E-state index >= 15 is 0 Å². The van der Waals surface area contributed by atoms with E-state index in [1.54, 1.807) is 17.4 Å². The van der Waals surface area contributed by atoms with Crippen molar-refractivity contribution < 1.29 is 0 Å². The number of nitrogens with one attached hydrogen (secondary N) is 1. The van der Waals surface area contributed by atoms with Crippen LogP contribution in [0.15, 0.2) is 24.4 Å². The van der Waals surface area contributed by atoms with E-state index in [9.17, 15) is 0 Å². The van der Waals surface area contributed by atoms with Gasteiger partial charge in [0.25, 0.3) is 0 Å². The van der Waals surface area contributed by atoms with E-state index in [1.165, 1.54) is 4.88 Å². The van der Waals surface area contributed by atoms with E-state index in [1.807, 2.05) is 25.3 Å². The standard InChI is InChI=1S/C10H12N4S/c1-7-12-5-8(15-7)6-13-10-4-2-3-9(11)14-10/h2-5H,6H2,1H3,(H3,11,13,14). The molecule has 0 unspecified atom stereocenters. The molecule has 3 N–H and O–H groups in total. The molecule has 2 aromatic heterocycles. The van der Waals surface area contributed by atoms with Crippen molar-refractivity contribution in [2.75, 3.05) is 11.1 Å². The zero-order chi connectivity index (χ0) is 10.7. The topological polar surface area (TPSA) is 63.8 Å². The van der Waals surface area contributed by atoms with Crippen LogP contribution in [0.2, 0.25) is 0 Å². The molecule has 0 amide bonds. The summed E-state index contributed by atoms with van der Waals surface area (Å²) in [6, 6.07) is 5.54. The van der Waals surface area contributed by atoms with Gasteiger partial charge in [0, 0.05) is 11.1 Å². The Morgan fingerprint density at radius 3 is 3.00 bits per heavy atom. The molecule has 0 atom stereocenters. The molecule has 0 radical (unpaired) electrons. The Balaban J connectivity index is 1.99. The van der Waals surface area contributed by atoms with Gasteiger partial charge in [0.2, 0.25) is 0 Å². The molecule has 0 fully saturated rings. The molecule has 0 bridgehead atoms. The number of nitrogen functional groups attached to an aromatic ring is 1. The van der Waals surface area contributed by atoms with Crippen molar-refractivity contribution in [3.63, 3.8) is 0 Å². The number of anilines is 2. The predicted octanol–water partition coefficient (Wildman–Crippen LogP) is 2.04. The first-order chi connectivity index (χ1) is 7.24. The SMILES string of the molecule is Cc1ncc(CNc2cccc(N)n2)s1. The first-order valence-corrected chi connectivity index (χ1v) is 5.43. The third-order valence-corrected chi connectivity index (χ3v) is 2.80. The number of nitrogens with zero attached hydrogens (tertiary/aromatic N) is 2. The molecule has 2 aromatic rings. The van der Waals surface area contributed by atoms with Gasteiger partial charge in [-0.1, -0.05) is 6.07 Å². The van der Waals surface area contributed by atoms with E-state index in [-0.39, 0.29) is 0 Å². The van der Waals surface area contributed by atoms with Crippen LogP contribution in [0.5, 0.6) is 0 Å². The van der Waals surface area contributed by atoms with Crippen LogP contribution in [0.3, 0.4) is 0 Å². The van der Waals surface area contributed by atoms with Crippen molar-refractivity contribution in [2.45, 2.75) is 13.5 Å². The van der Waals surface area contributed by atoms with Gasteiger partial charge in [0.05, 0.1) is 11.6 Å². The van der Waals surface area contributed by atoms with Crippen LogP contribution in [0.25, 0.3) is 0 Å². The summed E-state index contributed by atoms with van der Waals surface area (Å²) in [5.74, 6) is 1.32. The largest absolute Gasteiger partial charge is 0.384 e. The van der Waals surface area contributed by atoms with Gasteiger partial charge in [-0.05, 0) is 19.1 Å². The number of hydrogen-bond acceptors (Lipinski definition) is 5. The van der Waals surface area contributed by atoms with Gasteiger partial charge in [-0.2, -0.15) is 0 Å². The minimum atomic E-state index is 0.528. The molecule has 0 aliphatic rings. The van der Waals surface area contributed by atoms with E-state index in [4.69, 9.17) is 5.73 Å². The highest BCUT2D eigenvalue weighted by Crippen LogP contribution is 2.13. The van der Waals surface area contributed by atoms with Crippen LogP contribution < -0.4 is 11.1 Å². The van der Waals surface area contributed by atoms with Crippen molar-refractivity contribution >= 4 is 23.0 Å². The Bertz CT molecular complexity index is 452. The summed E-state index contributed by atoms with van der Waals surface area (Å²) in [6.45, 7) is 2.73. The summed E-state index contributed by atoms with van der Waals surface area (Å²) >= 11 is 1.68. The number of thiazole rings is 1. The van der Waals surface area contributed by atoms with E-state index < -0.39 is 0 Å². The van der Waals surface area contributed by atoms with Crippen LogP contribution in [0, 0.1) is 6.92 Å². The highest BCUT2D eigenvalue weighted by Gasteiger charge is 1.98. The fourth-order valence-electron chi connectivity index (χ4n) is 1.21.